The zero-order valence-electron chi connectivity index (χ0n) is 3.60. The van der Waals surface area contributed by atoms with E-state index in [4.69, 9.17) is 11.6 Å². The quantitative estimate of drug-likeness (QED) is 0.515. The second kappa shape index (κ2) is 2.00. The van der Waals surface area contributed by atoms with Crippen LogP contribution in [0.25, 0.3) is 0 Å². The third kappa shape index (κ3) is 0.894. The minimum atomic E-state index is -0.846. The minimum Gasteiger partial charge on any atom is -0.192 e. The number of hydrogen-bond donors (Lipinski definition) is 0. The van der Waals surface area contributed by atoms with E-state index in [9.17, 15) is 4.39 Å². The molecule has 8 heavy (non-hydrogen) atoms. The van der Waals surface area contributed by atoms with Crippen molar-refractivity contribution in [1.29, 1.82) is 0 Å². The molecule has 5 heteroatoms. The highest BCUT2D eigenvalue weighted by Crippen LogP contribution is 2.02. The Morgan fingerprint density at radius 1 is 1.62 bits per heavy atom. The number of nitrogens with zero attached hydrogens (tertiary/aromatic N) is 3. The topological polar surface area (TPSA) is 38.7 Å². The van der Waals surface area contributed by atoms with Gasteiger partial charge in [-0.15, -0.1) is 10.2 Å². The molecule has 0 saturated carbocycles. The van der Waals surface area contributed by atoms with Crippen LogP contribution < -0.4 is 0 Å². The Morgan fingerprint density at radius 3 is 2.75 bits per heavy atom. The van der Waals surface area contributed by atoms with Gasteiger partial charge in [-0.1, -0.05) is 11.6 Å². The van der Waals surface area contributed by atoms with E-state index in [1.807, 2.05) is 6.33 Å². The van der Waals surface area contributed by atoms with E-state index < -0.39 is 5.95 Å². The summed E-state index contributed by atoms with van der Waals surface area (Å²) in [4.78, 5) is 2.98. The van der Waals surface area contributed by atoms with E-state index in [-0.39, 0.29) is 5.15 Å². The summed E-state index contributed by atoms with van der Waals surface area (Å²) in [6.45, 7) is 0. The predicted octanol–water partition coefficient (Wildman–Crippen LogP) is 0.464. The highest BCUT2D eigenvalue weighted by atomic mass is 35.5. The number of aromatic nitrogens is 3. The van der Waals surface area contributed by atoms with E-state index in [2.05, 4.69) is 15.2 Å². The first-order valence-corrected chi connectivity index (χ1v) is 2.10. The molecule has 0 fully saturated rings. The summed E-state index contributed by atoms with van der Waals surface area (Å²) in [5.41, 5.74) is 0. The molecule has 0 aromatic carbocycles. The lowest BCUT2D eigenvalue weighted by molar-refractivity contribution is 0.566. The van der Waals surface area contributed by atoms with Crippen LogP contribution >= 0.6 is 11.6 Å². The Kier molecular flexibility index (Phi) is 1.34. The van der Waals surface area contributed by atoms with E-state index in [0.717, 1.165) is 0 Å². The molecule has 0 N–H and O–H groups in total. The molecule has 1 aromatic heterocycles. The fourth-order valence-corrected chi connectivity index (χ4v) is 0.300. The Balaban J connectivity index is 3.13. The van der Waals surface area contributed by atoms with Crippen LogP contribution in [0.4, 0.5) is 4.39 Å². The Hall–Kier alpha value is -0.770. The third-order valence-corrected chi connectivity index (χ3v) is 0.732. The van der Waals surface area contributed by atoms with Gasteiger partial charge in [0.05, 0.1) is 0 Å². The predicted molar refractivity (Wildman–Crippen MR) is 23.6 cm³/mol. The lowest BCUT2D eigenvalue weighted by Crippen LogP contribution is -1.89. The molecule has 1 heterocycles. The number of hydrogen-bond acceptors (Lipinski definition) is 3. The van der Waals surface area contributed by atoms with Gasteiger partial charge in [-0.25, -0.2) is 0 Å². The summed E-state index contributed by atoms with van der Waals surface area (Å²) >= 11 is 5.08. The van der Waals surface area contributed by atoms with Crippen molar-refractivity contribution in [3.8, 4) is 0 Å². The van der Waals surface area contributed by atoms with Crippen molar-refractivity contribution in [2.45, 2.75) is 0 Å². The Morgan fingerprint density at radius 2 is 2.38 bits per heavy atom. The van der Waals surface area contributed by atoms with Gasteiger partial charge < -0.3 is 0 Å². The van der Waals surface area contributed by atoms with Gasteiger partial charge in [0.25, 0.3) is 5.95 Å². The molecular weight excluding hydrogens is 133 g/mol. The van der Waals surface area contributed by atoms with Crippen molar-refractivity contribution in [3.63, 3.8) is 0 Å². The van der Waals surface area contributed by atoms with Crippen molar-refractivity contribution < 1.29 is 4.39 Å². The van der Waals surface area contributed by atoms with Crippen molar-refractivity contribution in [3.05, 3.63) is 17.4 Å². The molecule has 0 atom stereocenters. The largest absolute Gasteiger partial charge is 0.254 e. The first-order chi connectivity index (χ1) is 3.80. The van der Waals surface area contributed by atoms with Crippen LogP contribution in [0.15, 0.2) is 0 Å². The summed E-state index contributed by atoms with van der Waals surface area (Å²) < 4.78 is 11.9. The third-order valence-electron chi connectivity index (χ3n) is 0.501. The van der Waals surface area contributed by atoms with Crippen LogP contribution in [0, 0.1) is 12.3 Å². The molecule has 0 aliphatic heterocycles. The molecule has 0 aliphatic rings. The maximum absolute atomic E-state index is 11.9. The molecule has 3 nitrogen and oxygen atoms in total. The lowest BCUT2D eigenvalue weighted by atomic mass is 10.8. The van der Waals surface area contributed by atoms with Crippen LogP contribution in [0.1, 0.15) is 0 Å². The lowest BCUT2D eigenvalue weighted by Gasteiger charge is -1.82. The average molecular weight is 133 g/mol. The SMILES string of the molecule is Fc1n[c]nnc1Cl. The van der Waals surface area contributed by atoms with E-state index in [1.165, 1.54) is 0 Å². The monoisotopic (exact) mass is 132 g/mol. The van der Waals surface area contributed by atoms with Gasteiger partial charge in [0.15, 0.2) is 0 Å². The zero-order chi connectivity index (χ0) is 5.98. The summed E-state index contributed by atoms with van der Waals surface area (Å²) in [6.07, 6.45) is 1.93. The van der Waals surface area contributed by atoms with Gasteiger partial charge in [0.1, 0.15) is 0 Å². The molecule has 1 rings (SSSR count). The normalized spacial score (nSPS) is 9.25. The second-order valence-corrected chi connectivity index (χ2v) is 1.35. The smallest absolute Gasteiger partial charge is 0.192 e. The molecule has 1 radical (unpaired) electrons. The van der Waals surface area contributed by atoms with Gasteiger partial charge in [0.2, 0.25) is 11.5 Å². The Labute approximate surface area is 49.5 Å². The molecule has 0 amide bonds. The average Bonchev–Trinajstić information content (AvgIpc) is 1.77. The van der Waals surface area contributed by atoms with Crippen LogP contribution in [-0.4, -0.2) is 15.2 Å². The minimum absolute atomic E-state index is 0.330. The maximum atomic E-state index is 11.9. The summed E-state index contributed by atoms with van der Waals surface area (Å²) in [5.74, 6) is -0.846. The maximum Gasteiger partial charge on any atom is 0.254 e. The molecular formula is C3ClFN3. The Bertz CT molecular complexity index is 171. The number of halogens is 2. The van der Waals surface area contributed by atoms with E-state index in [0.29, 0.717) is 0 Å². The summed E-state index contributed by atoms with van der Waals surface area (Å²) in [5, 5.41) is 5.86. The molecule has 0 spiro atoms. The van der Waals surface area contributed by atoms with Crippen molar-refractivity contribution >= 4 is 11.6 Å². The molecule has 41 valence electrons. The number of rotatable bonds is 0. The van der Waals surface area contributed by atoms with E-state index >= 15 is 0 Å². The van der Waals surface area contributed by atoms with Gasteiger partial charge in [-0.2, -0.15) is 9.37 Å². The summed E-state index contributed by atoms with van der Waals surface area (Å²) in [7, 11) is 0. The molecule has 0 bridgehead atoms. The molecule has 0 aliphatic carbocycles. The van der Waals surface area contributed by atoms with Gasteiger partial charge in [-0.3, -0.25) is 0 Å². The zero-order valence-corrected chi connectivity index (χ0v) is 4.35. The highest BCUT2D eigenvalue weighted by molar-refractivity contribution is 6.29. The second-order valence-electron chi connectivity index (χ2n) is 0.993. The first-order valence-electron chi connectivity index (χ1n) is 1.72. The van der Waals surface area contributed by atoms with Crippen molar-refractivity contribution in [2.24, 2.45) is 0 Å². The molecule has 0 unspecified atom stereocenters. The van der Waals surface area contributed by atoms with Crippen LogP contribution in [0.5, 0.6) is 0 Å². The van der Waals surface area contributed by atoms with Crippen molar-refractivity contribution in [1.82, 2.24) is 15.2 Å². The molecule has 1 aromatic rings. The van der Waals surface area contributed by atoms with Gasteiger partial charge in [-0.05, 0) is 0 Å². The van der Waals surface area contributed by atoms with Crippen LogP contribution in [0.2, 0.25) is 5.15 Å². The van der Waals surface area contributed by atoms with Crippen LogP contribution in [-0.2, 0) is 0 Å². The van der Waals surface area contributed by atoms with Crippen molar-refractivity contribution in [2.75, 3.05) is 0 Å². The first kappa shape index (κ1) is 5.37. The standard InChI is InChI=1S/C3ClFN3/c4-2-3(5)6-1-7-8-2. The summed E-state index contributed by atoms with van der Waals surface area (Å²) in [6, 6.07) is 0. The van der Waals surface area contributed by atoms with Gasteiger partial charge in [0, 0.05) is 0 Å². The van der Waals surface area contributed by atoms with E-state index in [1.54, 1.807) is 0 Å². The fourth-order valence-electron chi connectivity index (χ4n) is 0.220. The highest BCUT2D eigenvalue weighted by Gasteiger charge is 1.97. The van der Waals surface area contributed by atoms with Crippen LogP contribution in [0.3, 0.4) is 0 Å². The molecule has 0 saturated heterocycles. The van der Waals surface area contributed by atoms with Gasteiger partial charge >= 0.3 is 0 Å². The fraction of sp³-hybridized carbons (Fsp3) is 0.